The lowest BCUT2D eigenvalue weighted by atomic mass is 10.1. The molecule has 0 aliphatic carbocycles. The van der Waals surface area contributed by atoms with E-state index in [1.807, 2.05) is 37.3 Å². The van der Waals surface area contributed by atoms with E-state index in [4.69, 9.17) is 28.9 Å². The van der Waals surface area contributed by atoms with Gasteiger partial charge in [-0.2, -0.15) is 5.26 Å². The van der Waals surface area contributed by atoms with Crippen LogP contribution in [0.4, 0.5) is 0 Å². The summed E-state index contributed by atoms with van der Waals surface area (Å²) >= 11 is 0. The number of nitrogens with zero attached hydrogens (tertiary/aromatic N) is 3. The molecule has 0 N–H and O–H groups in total. The van der Waals surface area contributed by atoms with Crippen LogP contribution in [-0.2, 0) is 17.9 Å². The Morgan fingerprint density at radius 2 is 1.84 bits per heavy atom. The summed E-state index contributed by atoms with van der Waals surface area (Å²) in [5.41, 5.74) is 3.21. The van der Waals surface area contributed by atoms with E-state index in [2.05, 4.69) is 17.9 Å². The Morgan fingerprint density at radius 1 is 1.09 bits per heavy atom. The average molecular weight is 436 g/mol. The third-order valence-corrected chi connectivity index (χ3v) is 5.24. The van der Waals surface area contributed by atoms with Crippen LogP contribution >= 0.6 is 0 Å². The molecule has 7 nitrogen and oxygen atoms in total. The second kappa shape index (κ2) is 11.3. The monoisotopic (exact) mass is 435 g/mol. The number of benzene rings is 2. The maximum atomic E-state index is 9.13. The zero-order valence-electron chi connectivity index (χ0n) is 19.1. The number of aryl methyl sites for hydroxylation is 1. The molecule has 168 valence electrons. The summed E-state index contributed by atoms with van der Waals surface area (Å²) in [7, 11) is 3.34. The van der Waals surface area contributed by atoms with E-state index in [9.17, 15) is 0 Å². The number of methoxy groups -OCH3 is 2. The van der Waals surface area contributed by atoms with Gasteiger partial charge in [0.25, 0.3) is 0 Å². The number of likely N-dealkylation sites (N-methyl/N-ethyl adjacent to an activating group) is 1. The molecule has 0 unspecified atom stereocenters. The Balaban J connectivity index is 1.84. The summed E-state index contributed by atoms with van der Waals surface area (Å²) < 4.78 is 22.6. The third kappa shape index (κ3) is 5.88. The van der Waals surface area contributed by atoms with Crippen LogP contribution < -0.4 is 9.47 Å². The molecule has 0 bridgehead atoms. The number of rotatable bonds is 11. The van der Waals surface area contributed by atoms with Crippen LogP contribution in [0.2, 0.25) is 0 Å². The van der Waals surface area contributed by atoms with Gasteiger partial charge in [-0.3, -0.25) is 4.90 Å². The van der Waals surface area contributed by atoms with Gasteiger partial charge in [0.05, 0.1) is 25.3 Å². The van der Waals surface area contributed by atoms with E-state index in [1.54, 1.807) is 26.4 Å². The first kappa shape index (κ1) is 23.3. The molecule has 0 radical (unpaired) electrons. The second-order valence-corrected chi connectivity index (χ2v) is 7.36. The maximum Gasteiger partial charge on any atom is 0.226 e. The number of oxazole rings is 1. The highest BCUT2D eigenvalue weighted by Crippen LogP contribution is 2.26. The molecular formula is C25H29N3O4. The van der Waals surface area contributed by atoms with E-state index in [0.717, 1.165) is 35.7 Å². The Bertz CT molecular complexity index is 1050. The van der Waals surface area contributed by atoms with Gasteiger partial charge in [-0.05, 0) is 61.5 Å². The molecule has 0 amide bonds. The maximum absolute atomic E-state index is 9.13. The van der Waals surface area contributed by atoms with Gasteiger partial charge in [-0.1, -0.05) is 6.92 Å². The summed E-state index contributed by atoms with van der Waals surface area (Å²) in [5, 5.41) is 9.13. The molecule has 2 aromatic carbocycles. The van der Waals surface area contributed by atoms with Crippen LogP contribution in [0.5, 0.6) is 11.5 Å². The van der Waals surface area contributed by atoms with Crippen LogP contribution in [0, 0.1) is 18.3 Å². The highest BCUT2D eigenvalue weighted by Gasteiger charge is 2.18. The summed E-state index contributed by atoms with van der Waals surface area (Å²) in [5.74, 6) is 2.67. The van der Waals surface area contributed by atoms with E-state index in [0.29, 0.717) is 36.1 Å². The van der Waals surface area contributed by atoms with Crippen molar-refractivity contribution in [2.45, 2.75) is 27.0 Å². The predicted octanol–water partition coefficient (Wildman–Crippen LogP) is 4.58. The van der Waals surface area contributed by atoms with Crippen molar-refractivity contribution in [1.29, 1.82) is 5.26 Å². The minimum absolute atomic E-state index is 0.242. The van der Waals surface area contributed by atoms with Crippen molar-refractivity contribution in [3.8, 4) is 29.0 Å². The number of aromatic nitrogens is 1. The number of nitriles is 1. The fourth-order valence-electron chi connectivity index (χ4n) is 3.26. The van der Waals surface area contributed by atoms with Crippen LogP contribution in [-0.4, -0.2) is 43.8 Å². The van der Waals surface area contributed by atoms with Gasteiger partial charge in [0.15, 0.2) is 5.76 Å². The predicted molar refractivity (Wildman–Crippen MR) is 122 cm³/mol. The topological polar surface area (TPSA) is 80.8 Å². The highest BCUT2D eigenvalue weighted by atomic mass is 16.5. The van der Waals surface area contributed by atoms with Crippen molar-refractivity contribution >= 4 is 0 Å². The summed E-state index contributed by atoms with van der Waals surface area (Å²) in [6, 6.07) is 15.2. The van der Waals surface area contributed by atoms with Crippen LogP contribution in [0.3, 0.4) is 0 Å². The molecule has 0 saturated carbocycles. The standard InChI is InChI=1S/C25H29N3O4/c1-5-28(12-13-29-3)16-23-24(17-31-22-11-8-20(15-26)18(2)14-22)32-25(27-23)19-6-9-21(30-4)10-7-19/h6-11,14H,5,12-13,16-17H2,1-4H3. The number of hydrogen-bond acceptors (Lipinski definition) is 7. The Kier molecular flexibility index (Phi) is 8.26. The van der Waals surface area contributed by atoms with Gasteiger partial charge in [-0.25, -0.2) is 4.98 Å². The van der Waals surface area contributed by atoms with E-state index in [1.165, 1.54) is 0 Å². The molecule has 1 aromatic heterocycles. The highest BCUT2D eigenvalue weighted by molar-refractivity contribution is 5.55. The first-order valence-corrected chi connectivity index (χ1v) is 10.6. The van der Waals surface area contributed by atoms with Crippen molar-refractivity contribution in [2.24, 2.45) is 0 Å². The molecule has 1 heterocycles. The molecule has 0 atom stereocenters. The van der Waals surface area contributed by atoms with Gasteiger partial charge in [0, 0.05) is 25.8 Å². The van der Waals surface area contributed by atoms with Crippen molar-refractivity contribution in [3.05, 3.63) is 65.0 Å². The molecule has 0 saturated heterocycles. The molecule has 3 aromatic rings. The summed E-state index contributed by atoms with van der Waals surface area (Å²) in [6.07, 6.45) is 0. The van der Waals surface area contributed by atoms with Crippen molar-refractivity contribution < 1.29 is 18.6 Å². The van der Waals surface area contributed by atoms with Crippen molar-refractivity contribution in [2.75, 3.05) is 33.9 Å². The van der Waals surface area contributed by atoms with Crippen LogP contribution in [0.15, 0.2) is 46.9 Å². The fourth-order valence-corrected chi connectivity index (χ4v) is 3.26. The van der Waals surface area contributed by atoms with Gasteiger partial charge in [0.2, 0.25) is 5.89 Å². The normalized spacial score (nSPS) is 10.9. The van der Waals surface area contributed by atoms with Gasteiger partial charge < -0.3 is 18.6 Å². The van der Waals surface area contributed by atoms with Crippen molar-refractivity contribution in [1.82, 2.24) is 9.88 Å². The van der Waals surface area contributed by atoms with Gasteiger partial charge in [0.1, 0.15) is 23.8 Å². The molecule has 32 heavy (non-hydrogen) atoms. The van der Waals surface area contributed by atoms with Crippen LogP contribution in [0.25, 0.3) is 11.5 Å². The molecular weight excluding hydrogens is 406 g/mol. The quantitative estimate of drug-likeness (QED) is 0.436. The molecule has 0 aliphatic rings. The minimum atomic E-state index is 0.242. The lowest BCUT2D eigenvalue weighted by Gasteiger charge is -2.19. The zero-order chi connectivity index (χ0) is 22.9. The fraction of sp³-hybridized carbons (Fsp3) is 0.360. The molecule has 0 aliphatic heterocycles. The van der Waals surface area contributed by atoms with E-state index < -0.39 is 0 Å². The first-order chi connectivity index (χ1) is 15.6. The second-order valence-electron chi connectivity index (χ2n) is 7.36. The van der Waals surface area contributed by atoms with Gasteiger partial charge >= 0.3 is 0 Å². The molecule has 0 spiro atoms. The van der Waals surface area contributed by atoms with Gasteiger partial charge in [-0.15, -0.1) is 0 Å². The zero-order valence-corrected chi connectivity index (χ0v) is 19.1. The number of hydrogen-bond donors (Lipinski definition) is 0. The lowest BCUT2D eigenvalue weighted by Crippen LogP contribution is -2.27. The first-order valence-electron chi connectivity index (χ1n) is 10.6. The summed E-state index contributed by atoms with van der Waals surface area (Å²) in [6.45, 7) is 7.18. The third-order valence-electron chi connectivity index (χ3n) is 5.24. The SMILES string of the molecule is CCN(CCOC)Cc1nc(-c2ccc(OC)cc2)oc1COc1ccc(C#N)c(C)c1. The molecule has 7 heteroatoms. The van der Waals surface area contributed by atoms with Crippen LogP contribution in [0.1, 0.15) is 29.5 Å². The van der Waals surface area contributed by atoms with Crippen molar-refractivity contribution in [3.63, 3.8) is 0 Å². The Hall–Kier alpha value is -3.34. The summed E-state index contributed by atoms with van der Waals surface area (Å²) in [4.78, 5) is 7.02. The Morgan fingerprint density at radius 3 is 2.47 bits per heavy atom. The molecule has 3 rings (SSSR count). The van der Waals surface area contributed by atoms with E-state index >= 15 is 0 Å². The lowest BCUT2D eigenvalue weighted by molar-refractivity contribution is 0.146. The molecule has 0 fully saturated rings. The smallest absolute Gasteiger partial charge is 0.226 e. The van der Waals surface area contributed by atoms with E-state index in [-0.39, 0.29) is 6.61 Å². The minimum Gasteiger partial charge on any atom is -0.497 e. The largest absolute Gasteiger partial charge is 0.497 e. The number of ether oxygens (including phenoxy) is 3. The Labute approximate surface area is 189 Å². The average Bonchev–Trinajstić information content (AvgIpc) is 3.23.